The van der Waals surface area contributed by atoms with Crippen LogP contribution in [0.2, 0.25) is 0 Å². The van der Waals surface area contributed by atoms with E-state index >= 15 is 0 Å². The van der Waals surface area contributed by atoms with Gasteiger partial charge >= 0.3 is 0 Å². The van der Waals surface area contributed by atoms with E-state index in [4.69, 9.17) is 5.73 Å². The minimum Gasteiger partial charge on any atom is -0.369 e. The number of nitrogens with two attached hydrogens (primary N) is 1. The van der Waals surface area contributed by atoms with Gasteiger partial charge in [0.1, 0.15) is 0 Å². The average molecular weight is 334 g/mol. The Morgan fingerprint density at radius 2 is 2.04 bits per heavy atom. The van der Waals surface area contributed by atoms with Crippen LogP contribution in [0.4, 0.5) is 11.4 Å². The van der Waals surface area contributed by atoms with Crippen LogP contribution in [0.5, 0.6) is 0 Å². The lowest BCUT2D eigenvalue weighted by Gasteiger charge is -2.32. The van der Waals surface area contributed by atoms with Crippen LogP contribution < -0.4 is 16.4 Å². The number of carbonyl (C=O) groups is 2. The summed E-state index contributed by atoms with van der Waals surface area (Å²) in [5.41, 5.74) is 5.71. The van der Waals surface area contributed by atoms with E-state index < -0.39 is 11.0 Å². The van der Waals surface area contributed by atoms with E-state index in [-0.39, 0.29) is 29.5 Å². The summed E-state index contributed by atoms with van der Waals surface area (Å²) in [6.07, 6.45) is 3.47. The third-order valence-electron chi connectivity index (χ3n) is 4.31. The molecule has 0 saturated heterocycles. The van der Waals surface area contributed by atoms with Gasteiger partial charge in [-0.15, -0.1) is 0 Å². The number of nitro groups is 1. The fourth-order valence-corrected chi connectivity index (χ4v) is 3.02. The summed E-state index contributed by atoms with van der Waals surface area (Å²) in [5.74, 6) is -0.936. The highest BCUT2D eigenvalue weighted by Gasteiger charge is 2.31. The van der Waals surface area contributed by atoms with Crippen molar-refractivity contribution in [1.82, 2.24) is 5.32 Å². The lowest BCUT2D eigenvalue weighted by atomic mass is 9.83. The molecular weight excluding hydrogens is 312 g/mol. The Labute approximate surface area is 139 Å². The maximum atomic E-state index is 12.3. The maximum Gasteiger partial charge on any atom is 0.271 e. The molecular formula is C16H22N4O4. The van der Waals surface area contributed by atoms with Gasteiger partial charge in [-0.05, 0) is 25.8 Å². The van der Waals surface area contributed by atoms with E-state index in [1.165, 1.54) is 18.2 Å². The molecule has 8 heteroatoms. The van der Waals surface area contributed by atoms with Gasteiger partial charge in [0.15, 0.2) is 0 Å². The van der Waals surface area contributed by atoms with Gasteiger partial charge < -0.3 is 16.4 Å². The highest BCUT2D eigenvalue weighted by molar-refractivity contribution is 5.94. The lowest BCUT2D eigenvalue weighted by Crippen LogP contribution is -2.51. The largest absolute Gasteiger partial charge is 0.369 e. The van der Waals surface area contributed by atoms with E-state index in [0.29, 0.717) is 5.69 Å². The molecule has 1 aliphatic carbocycles. The Bertz CT molecular complexity index is 634. The zero-order chi connectivity index (χ0) is 17.7. The van der Waals surface area contributed by atoms with Crippen molar-refractivity contribution in [3.8, 4) is 0 Å². The molecule has 0 radical (unpaired) electrons. The first-order valence-corrected chi connectivity index (χ1v) is 7.99. The Kier molecular flexibility index (Phi) is 5.86. The molecule has 8 nitrogen and oxygen atoms in total. The van der Waals surface area contributed by atoms with Crippen molar-refractivity contribution in [3.63, 3.8) is 0 Å². The number of nitrogens with one attached hydrogen (secondary N) is 2. The van der Waals surface area contributed by atoms with E-state index in [0.717, 1.165) is 25.7 Å². The molecule has 1 aromatic rings. The van der Waals surface area contributed by atoms with Crippen molar-refractivity contribution in [3.05, 3.63) is 34.4 Å². The van der Waals surface area contributed by atoms with Crippen LogP contribution in [0.15, 0.2) is 24.3 Å². The van der Waals surface area contributed by atoms with E-state index in [1.807, 2.05) is 0 Å². The van der Waals surface area contributed by atoms with Gasteiger partial charge in [-0.2, -0.15) is 0 Å². The molecule has 4 N–H and O–H groups in total. The number of anilines is 1. The second-order valence-corrected chi connectivity index (χ2v) is 6.08. The summed E-state index contributed by atoms with van der Waals surface area (Å²) >= 11 is 0. The number of benzene rings is 1. The number of non-ortho nitro benzene ring substituents is 1. The summed E-state index contributed by atoms with van der Waals surface area (Å²) in [6.45, 7) is 1.69. The van der Waals surface area contributed by atoms with Crippen LogP contribution in [0.1, 0.15) is 32.6 Å². The van der Waals surface area contributed by atoms with Crippen LogP contribution in [0.25, 0.3) is 0 Å². The van der Waals surface area contributed by atoms with Gasteiger partial charge in [0.25, 0.3) is 5.69 Å². The number of nitro benzene ring substituents is 1. The molecule has 1 saturated carbocycles. The fraction of sp³-hybridized carbons (Fsp3) is 0.500. The van der Waals surface area contributed by atoms with E-state index in [1.54, 1.807) is 13.0 Å². The zero-order valence-electron chi connectivity index (χ0n) is 13.5. The Balaban J connectivity index is 1.97. The molecule has 1 aliphatic rings. The minimum absolute atomic E-state index is 0.0884. The van der Waals surface area contributed by atoms with Crippen LogP contribution in [-0.4, -0.2) is 28.8 Å². The van der Waals surface area contributed by atoms with E-state index in [2.05, 4.69) is 10.6 Å². The van der Waals surface area contributed by atoms with Crippen LogP contribution in [-0.2, 0) is 9.59 Å². The summed E-state index contributed by atoms with van der Waals surface area (Å²) < 4.78 is 0. The molecule has 24 heavy (non-hydrogen) atoms. The third kappa shape index (κ3) is 4.51. The van der Waals surface area contributed by atoms with Crippen molar-refractivity contribution in [2.45, 2.75) is 44.7 Å². The molecule has 0 unspecified atom stereocenters. The topological polar surface area (TPSA) is 127 Å². The van der Waals surface area contributed by atoms with Crippen molar-refractivity contribution >= 4 is 23.2 Å². The first-order chi connectivity index (χ1) is 11.4. The summed E-state index contributed by atoms with van der Waals surface area (Å²) in [4.78, 5) is 34.1. The van der Waals surface area contributed by atoms with E-state index in [9.17, 15) is 19.7 Å². The molecule has 2 amide bonds. The number of primary amides is 1. The summed E-state index contributed by atoms with van der Waals surface area (Å²) in [5, 5.41) is 16.6. The molecule has 130 valence electrons. The predicted molar refractivity (Wildman–Crippen MR) is 89.3 cm³/mol. The van der Waals surface area contributed by atoms with Crippen molar-refractivity contribution in [2.75, 3.05) is 5.32 Å². The molecule has 0 bridgehead atoms. The highest BCUT2D eigenvalue weighted by Crippen LogP contribution is 2.24. The monoisotopic (exact) mass is 334 g/mol. The molecule has 0 spiro atoms. The standard InChI is InChI=1S/C16H22N4O4/c1-10(18-14-8-3-2-7-13(14)15(17)21)16(22)19-11-5-4-6-12(9-11)20(23)24/h4-6,9-10,13-14,18H,2-3,7-8H2,1H3,(H2,17,21)(H,19,22)/t10-,13+,14-/m0/s1. The molecule has 0 heterocycles. The predicted octanol–water partition coefficient (Wildman–Crippen LogP) is 1.56. The number of hydrogen-bond donors (Lipinski definition) is 3. The van der Waals surface area contributed by atoms with Gasteiger partial charge in [-0.3, -0.25) is 19.7 Å². The van der Waals surface area contributed by atoms with Gasteiger partial charge in [0, 0.05) is 23.9 Å². The van der Waals surface area contributed by atoms with Gasteiger partial charge in [0.2, 0.25) is 11.8 Å². The molecule has 0 aromatic heterocycles. The van der Waals surface area contributed by atoms with Crippen LogP contribution >= 0.6 is 0 Å². The van der Waals surface area contributed by atoms with Gasteiger partial charge in [-0.1, -0.05) is 18.9 Å². The first kappa shape index (κ1) is 17.9. The Hall–Kier alpha value is -2.48. The maximum absolute atomic E-state index is 12.3. The number of nitrogens with zero attached hydrogens (tertiary/aromatic N) is 1. The summed E-state index contributed by atoms with van der Waals surface area (Å²) in [6, 6.07) is 5.09. The number of hydrogen-bond acceptors (Lipinski definition) is 5. The third-order valence-corrected chi connectivity index (χ3v) is 4.31. The lowest BCUT2D eigenvalue weighted by molar-refractivity contribution is -0.384. The second kappa shape index (κ2) is 7.87. The number of amides is 2. The molecule has 3 atom stereocenters. The average Bonchev–Trinajstić information content (AvgIpc) is 2.55. The number of carbonyl (C=O) groups excluding carboxylic acids is 2. The van der Waals surface area contributed by atoms with Crippen LogP contribution in [0, 0.1) is 16.0 Å². The SMILES string of the molecule is C[C@H](N[C@H]1CCCC[C@H]1C(N)=O)C(=O)Nc1cccc([N+](=O)[O-])c1. The van der Waals surface area contributed by atoms with Crippen molar-refractivity contribution < 1.29 is 14.5 Å². The second-order valence-electron chi connectivity index (χ2n) is 6.08. The van der Waals surface area contributed by atoms with Gasteiger partial charge in [0.05, 0.1) is 16.9 Å². The summed E-state index contributed by atoms with van der Waals surface area (Å²) in [7, 11) is 0. The van der Waals surface area contributed by atoms with Crippen molar-refractivity contribution in [2.24, 2.45) is 11.7 Å². The first-order valence-electron chi connectivity index (χ1n) is 7.99. The smallest absolute Gasteiger partial charge is 0.271 e. The van der Waals surface area contributed by atoms with Gasteiger partial charge in [-0.25, -0.2) is 0 Å². The van der Waals surface area contributed by atoms with Crippen molar-refractivity contribution in [1.29, 1.82) is 0 Å². The fourth-order valence-electron chi connectivity index (χ4n) is 3.02. The zero-order valence-corrected chi connectivity index (χ0v) is 13.5. The molecule has 2 rings (SSSR count). The Morgan fingerprint density at radius 3 is 2.71 bits per heavy atom. The molecule has 1 fully saturated rings. The minimum atomic E-state index is -0.547. The number of rotatable bonds is 6. The van der Waals surface area contributed by atoms with Crippen LogP contribution in [0.3, 0.4) is 0 Å². The highest BCUT2D eigenvalue weighted by atomic mass is 16.6. The quantitative estimate of drug-likeness (QED) is 0.537. The Morgan fingerprint density at radius 1 is 1.33 bits per heavy atom. The molecule has 1 aromatic carbocycles. The molecule has 0 aliphatic heterocycles. The normalized spacial score (nSPS) is 21.7.